The number of carbonyl (C=O) groups excluding carboxylic acids is 1. The molecule has 0 saturated carbocycles. The molecule has 2 aromatic rings. The van der Waals surface area contributed by atoms with E-state index in [1.54, 1.807) is 0 Å². The number of nitrogens with zero attached hydrogens (tertiary/aromatic N) is 1. The van der Waals surface area contributed by atoms with E-state index in [0.717, 1.165) is 0 Å². The van der Waals surface area contributed by atoms with E-state index < -0.39 is 46.5 Å². The highest BCUT2D eigenvalue weighted by molar-refractivity contribution is 6.08. The number of pyridine rings is 1. The zero-order valence-corrected chi connectivity index (χ0v) is 12.9. The van der Waals surface area contributed by atoms with Crippen molar-refractivity contribution in [3.63, 3.8) is 0 Å². The molecule has 0 spiro atoms. The van der Waals surface area contributed by atoms with Gasteiger partial charge in [0.15, 0.2) is 0 Å². The monoisotopic (exact) mass is 377 g/mol. The van der Waals surface area contributed by atoms with Gasteiger partial charge in [-0.3, -0.25) is 4.79 Å². The molecule has 0 radical (unpaired) electrons. The van der Waals surface area contributed by atoms with Crippen LogP contribution in [0.5, 0.6) is 17.4 Å². The average molecular weight is 377 g/mol. The summed E-state index contributed by atoms with van der Waals surface area (Å²) in [6.45, 7) is 0. The van der Waals surface area contributed by atoms with Gasteiger partial charge in [0, 0.05) is 23.4 Å². The molecule has 0 atom stereocenters. The maximum atomic E-state index is 13.8. The van der Waals surface area contributed by atoms with Gasteiger partial charge >= 0.3 is 11.8 Å². The van der Waals surface area contributed by atoms with E-state index in [-0.39, 0.29) is 11.6 Å². The number of alkyl halides is 6. The molecular formula is C16H9F6NO3. The number of fused-ring (bicyclic) bond motifs is 1. The van der Waals surface area contributed by atoms with Crippen LogP contribution in [0.2, 0.25) is 0 Å². The molecule has 1 aliphatic rings. The molecule has 0 unspecified atom stereocenters. The lowest BCUT2D eigenvalue weighted by molar-refractivity contribution is -0.176. The lowest BCUT2D eigenvalue weighted by Crippen LogP contribution is -2.38. The zero-order chi connectivity index (χ0) is 19.3. The molecule has 10 heteroatoms. The summed E-state index contributed by atoms with van der Waals surface area (Å²) >= 11 is 0. The molecule has 1 heterocycles. The summed E-state index contributed by atoms with van der Waals surface area (Å²) in [5.41, 5.74) is -4.20. The van der Waals surface area contributed by atoms with Crippen LogP contribution >= 0.6 is 0 Å². The first-order valence-electron chi connectivity index (χ1n) is 7.05. The van der Waals surface area contributed by atoms with E-state index in [0.29, 0.717) is 12.1 Å². The molecular weight excluding hydrogens is 368 g/mol. The van der Waals surface area contributed by atoms with Gasteiger partial charge in [-0.1, -0.05) is 0 Å². The van der Waals surface area contributed by atoms with Crippen molar-refractivity contribution in [2.45, 2.75) is 18.3 Å². The molecule has 0 aliphatic heterocycles. The molecule has 1 aromatic carbocycles. The molecule has 0 fully saturated rings. The van der Waals surface area contributed by atoms with Crippen LogP contribution in [0.1, 0.15) is 27.9 Å². The van der Waals surface area contributed by atoms with Crippen molar-refractivity contribution >= 4 is 5.78 Å². The van der Waals surface area contributed by atoms with Crippen molar-refractivity contribution in [3.8, 4) is 17.4 Å². The number of benzene rings is 1. The third kappa shape index (κ3) is 2.47. The molecule has 138 valence electrons. The summed E-state index contributed by atoms with van der Waals surface area (Å²) in [4.78, 5) is 15.5. The summed E-state index contributed by atoms with van der Waals surface area (Å²) in [6.07, 6.45) is -2.28. The van der Waals surface area contributed by atoms with Crippen molar-refractivity contribution in [1.82, 2.24) is 4.98 Å². The van der Waals surface area contributed by atoms with E-state index in [4.69, 9.17) is 9.47 Å². The average Bonchev–Trinajstić information content (AvgIpc) is 2.72. The number of aromatic nitrogens is 1. The third-order valence-corrected chi connectivity index (χ3v) is 3.81. The smallest absolute Gasteiger partial charge is 0.376 e. The van der Waals surface area contributed by atoms with E-state index in [1.165, 1.54) is 25.4 Å². The van der Waals surface area contributed by atoms with Gasteiger partial charge in [0.1, 0.15) is 11.5 Å². The molecule has 0 saturated heterocycles. The SMILES string of the molecule is COc1cc(Oc2ccc3c(c2C(F)F)C(=O)C(F)(F)C3(F)F)ccn1. The standard InChI is InChI=1S/C16H9F6NO3/c1-25-10-6-7(4-5-23-10)26-9-3-2-8-11(12(9)14(17)18)13(24)16(21,22)15(8,19)20/h2-6,14H,1H3. The fraction of sp³-hybridized carbons (Fsp3) is 0.250. The Morgan fingerprint density at radius 1 is 1.08 bits per heavy atom. The molecule has 0 bridgehead atoms. The zero-order valence-electron chi connectivity index (χ0n) is 12.9. The normalized spacial score (nSPS) is 17.3. The van der Waals surface area contributed by atoms with Crippen LogP contribution in [0, 0.1) is 0 Å². The number of hydrogen-bond donors (Lipinski definition) is 0. The molecule has 0 N–H and O–H groups in total. The number of Topliss-reactive ketones (excluding diaryl/α,β-unsaturated/α-hetero) is 1. The Bertz CT molecular complexity index is 884. The lowest BCUT2D eigenvalue weighted by Gasteiger charge is -2.17. The van der Waals surface area contributed by atoms with E-state index in [9.17, 15) is 31.1 Å². The largest absolute Gasteiger partial charge is 0.481 e. The third-order valence-electron chi connectivity index (χ3n) is 3.81. The van der Waals surface area contributed by atoms with Gasteiger partial charge in [0.25, 0.3) is 6.43 Å². The summed E-state index contributed by atoms with van der Waals surface area (Å²) in [6, 6.07) is 3.62. The van der Waals surface area contributed by atoms with Crippen LogP contribution in [-0.2, 0) is 5.92 Å². The fourth-order valence-corrected chi connectivity index (χ4v) is 2.57. The van der Waals surface area contributed by atoms with Gasteiger partial charge in [0.05, 0.1) is 12.7 Å². The minimum absolute atomic E-state index is 0.0661. The van der Waals surface area contributed by atoms with Gasteiger partial charge < -0.3 is 9.47 Å². The van der Waals surface area contributed by atoms with E-state index >= 15 is 0 Å². The Kier molecular flexibility index (Phi) is 4.08. The van der Waals surface area contributed by atoms with Gasteiger partial charge in [0.2, 0.25) is 11.7 Å². The number of rotatable bonds is 4. The summed E-state index contributed by atoms with van der Waals surface area (Å²) < 4.78 is 91.7. The van der Waals surface area contributed by atoms with Crippen LogP contribution in [-0.4, -0.2) is 23.8 Å². The Morgan fingerprint density at radius 3 is 2.38 bits per heavy atom. The first kappa shape index (κ1) is 18.0. The second kappa shape index (κ2) is 5.89. The molecule has 1 aromatic heterocycles. The lowest BCUT2D eigenvalue weighted by atomic mass is 10.0. The molecule has 0 amide bonds. The molecule has 1 aliphatic carbocycles. The predicted molar refractivity (Wildman–Crippen MR) is 75.4 cm³/mol. The van der Waals surface area contributed by atoms with Crippen LogP contribution in [0.3, 0.4) is 0 Å². The van der Waals surface area contributed by atoms with Gasteiger partial charge in [-0.15, -0.1) is 0 Å². The Labute approximate surface area is 142 Å². The van der Waals surface area contributed by atoms with Crippen LogP contribution in [0.4, 0.5) is 26.3 Å². The Hall–Kier alpha value is -2.78. The maximum Gasteiger partial charge on any atom is 0.376 e. The summed E-state index contributed by atoms with van der Waals surface area (Å²) in [7, 11) is 1.29. The number of halogens is 6. The second-order valence-electron chi connectivity index (χ2n) is 5.31. The van der Waals surface area contributed by atoms with Gasteiger partial charge in [-0.2, -0.15) is 17.6 Å². The molecule has 26 heavy (non-hydrogen) atoms. The predicted octanol–water partition coefficient (Wildman–Crippen LogP) is 4.74. The first-order chi connectivity index (χ1) is 12.1. The Balaban J connectivity index is 2.16. The Morgan fingerprint density at radius 2 is 1.77 bits per heavy atom. The minimum atomic E-state index is -5.11. The number of carbonyl (C=O) groups is 1. The van der Waals surface area contributed by atoms with Crippen molar-refractivity contribution in [2.24, 2.45) is 0 Å². The molecule has 3 rings (SSSR count). The van der Waals surface area contributed by atoms with Crippen LogP contribution in [0.25, 0.3) is 0 Å². The van der Waals surface area contributed by atoms with Crippen LogP contribution < -0.4 is 9.47 Å². The summed E-state index contributed by atoms with van der Waals surface area (Å²) in [5, 5.41) is 0. The van der Waals surface area contributed by atoms with E-state index in [2.05, 4.69) is 4.98 Å². The molecule has 4 nitrogen and oxygen atoms in total. The van der Waals surface area contributed by atoms with Crippen molar-refractivity contribution in [3.05, 3.63) is 47.2 Å². The first-order valence-corrected chi connectivity index (χ1v) is 7.05. The highest BCUT2D eigenvalue weighted by Crippen LogP contribution is 2.55. The quantitative estimate of drug-likeness (QED) is 0.722. The van der Waals surface area contributed by atoms with Crippen LogP contribution in [0.15, 0.2) is 30.5 Å². The highest BCUT2D eigenvalue weighted by Gasteiger charge is 2.70. The maximum absolute atomic E-state index is 13.8. The van der Waals surface area contributed by atoms with E-state index in [1.807, 2.05) is 0 Å². The van der Waals surface area contributed by atoms with Gasteiger partial charge in [-0.25, -0.2) is 13.8 Å². The topological polar surface area (TPSA) is 48.4 Å². The number of methoxy groups -OCH3 is 1. The number of hydrogen-bond acceptors (Lipinski definition) is 4. The van der Waals surface area contributed by atoms with Gasteiger partial charge in [-0.05, 0) is 18.2 Å². The summed E-state index contributed by atoms with van der Waals surface area (Å²) in [5.74, 6) is -13.1. The minimum Gasteiger partial charge on any atom is -0.481 e. The fourth-order valence-electron chi connectivity index (χ4n) is 2.57. The number of ether oxygens (including phenoxy) is 2. The second-order valence-corrected chi connectivity index (χ2v) is 5.31. The number of ketones is 1. The van der Waals surface area contributed by atoms with Crippen molar-refractivity contribution in [2.75, 3.05) is 7.11 Å². The van der Waals surface area contributed by atoms with Crippen molar-refractivity contribution < 1.29 is 40.6 Å². The highest BCUT2D eigenvalue weighted by atomic mass is 19.3. The van der Waals surface area contributed by atoms with Crippen molar-refractivity contribution in [1.29, 1.82) is 0 Å².